The van der Waals surface area contributed by atoms with Gasteiger partial charge in [-0.25, -0.2) is 0 Å². The predicted molar refractivity (Wildman–Crippen MR) is 67.1 cm³/mol. The Morgan fingerprint density at radius 2 is 2.06 bits per heavy atom. The second kappa shape index (κ2) is 4.94. The van der Waals surface area contributed by atoms with E-state index in [4.69, 9.17) is 0 Å². The summed E-state index contributed by atoms with van der Waals surface area (Å²) in [4.78, 5) is 14.0. The highest BCUT2D eigenvalue weighted by molar-refractivity contribution is 5.79. The van der Waals surface area contributed by atoms with E-state index in [1.54, 1.807) is 0 Å². The molecule has 98 valence electrons. The summed E-state index contributed by atoms with van der Waals surface area (Å²) in [6.45, 7) is 6.35. The zero-order valence-electron chi connectivity index (χ0n) is 10.9. The number of carboxylic acid groups (broad SMARTS) is 1. The third kappa shape index (κ3) is 2.63. The van der Waals surface area contributed by atoms with Crippen LogP contribution < -0.4 is 5.32 Å². The van der Waals surface area contributed by atoms with Crippen molar-refractivity contribution >= 4 is 5.97 Å². The first-order chi connectivity index (χ1) is 8.03. The molecule has 1 aliphatic carbocycles. The van der Waals surface area contributed by atoms with Crippen LogP contribution in [0.3, 0.4) is 0 Å². The molecule has 2 fully saturated rings. The second-order valence-electron chi connectivity index (χ2n) is 5.83. The van der Waals surface area contributed by atoms with Gasteiger partial charge in [0, 0.05) is 12.1 Å². The smallest absolute Gasteiger partial charge is 0.323 e. The van der Waals surface area contributed by atoms with Crippen LogP contribution in [0.4, 0.5) is 0 Å². The van der Waals surface area contributed by atoms with Crippen molar-refractivity contribution in [3.63, 3.8) is 0 Å². The quantitative estimate of drug-likeness (QED) is 0.781. The average molecular weight is 240 g/mol. The van der Waals surface area contributed by atoms with Crippen LogP contribution in [0.15, 0.2) is 0 Å². The normalized spacial score (nSPS) is 34.6. The van der Waals surface area contributed by atoms with Gasteiger partial charge in [-0.2, -0.15) is 0 Å². The van der Waals surface area contributed by atoms with Crippen LogP contribution in [0, 0.1) is 0 Å². The van der Waals surface area contributed by atoms with E-state index in [0.29, 0.717) is 6.04 Å². The molecule has 0 aromatic heterocycles. The van der Waals surface area contributed by atoms with Crippen LogP contribution in [-0.4, -0.2) is 46.7 Å². The van der Waals surface area contributed by atoms with E-state index < -0.39 is 11.5 Å². The summed E-state index contributed by atoms with van der Waals surface area (Å²) in [6, 6.07) is 0.697. The molecule has 0 spiro atoms. The first-order valence-electron chi connectivity index (χ1n) is 6.79. The Bertz CT molecular complexity index is 287. The lowest BCUT2D eigenvalue weighted by atomic mass is 9.96. The SMILES string of the molecule is CC(C)NC1(C(=O)O)CCC(N2CCCC2)C1. The Kier molecular flexibility index (Phi) is 3.73. The summed E-state index contributed by atoms with van der Waals surface area (Å²) < 4.78 is 0. The molecular weight excluding hydrogens is 216 g/mol. The van der Waals surface area contributed by atoms with Crippen molar-refractivity contribution in [2.24, 2.45) is 0 Å². The number of rotatable bonds is 4. The molecule has 0 aromatic carbocycles. The molecule has 0 radical (unpaired) electrons. The number of hydrogen-bond acceptors (Lipinski definition) is 3. The Hall–Kier alpha value is -0.610. The van der Waals surface area contributed by atoms with E-state index in [9.17, 15) is 9.90 Å². The highest BCUT2D eigenvalue weighted by Gasteiger charge is 2.47. The van der Waals surface area contributed by atoms with Crippen LogP contribution in [-0.2, 0) is 4.79 Å². The molecule has 1 aliphatic heterocycles. The standard InChI is InChI=1S/C13H24N2O2/c1-10(2)14-13(12(16)17)6-5-11(9-13)15-7-3-4-8-15/h10-11,14H,3-9H2,1-2H3,(H,16,17). The molecule has 0 amide bonds. The summed E-state index contributed by atoms with van der Waals surface area (Å²) in [7, 11) is 0. The minimum absolute atomic E-state index is 0.225. The number of carbonyl (C=O) groups is 1. The van der Waals surface area contributed by atoms with E-state index in [-0.39, 0.29) is 6.04 Å². The Balaban J connectivity index is 2.02. The fourth-order valence-electron chi connectivity index (χ4n) is 3.38. The van der Waals surface area contributed by atoms with Gasteiger partial charge < -0.3 is 10.0 Å². The van der Waals surface area contributed by atoms with Gasteiger partial charge in [-0.3, -0.25) is 10.1 Å². The van der Waals surface area contributed by atoms with Crippen molar-refractivity contribution in [3.8, 4) is 0 Å². The summed E-state index contributed by atoms with van der Waals surface area (Å²) in [6.07, 6.45) is 5.09. The maximum absolute atomic E-state index is 11.5. The van der Waals surface area contributed by atoms with Crippen molar-refractivity contribution < 1.29 is 9.90 Å². The minimum atomic E-state index is -0.679. The number of aliphatic carboxylic acids is 1. The first kappa shape index (κ1) is 12.8. The predicted octanol–water partition coefficient (Wildman–Crippen LogP) is 1.46. The lowest BCUT2D eigenvalue weighted by Gasteiger charge is -2.30. The molecular formula is C13H24N2O2. The Labute approximate surface area is 103 Å². The van der Waals surface area contributed by atoms with Gasteiger partial charge >= 0.3 is 5.97 Å². The molecule has 2 aliphatic rings. The average Bonchev–Trinajstić information content (AvgIpc) is 2.84. The van der Waals surface area contributed by atoms with Gasteiger partial charge in [0.2, 0.25) is 0 Å². The topological polar surface area (TPSA) is 52.6 Å². The molecule has 4 nitrogen and oxygen atoms in total. The van der Waals surface area contributed by atoms with Gasteiger partial charge in [0.1, 0.15) is 5.54 Å². The van der Waals surface area contributed by atoms with Gasteiger partial charge in [-0.05, 0) is 59.0 Å². The molecule has 4 heteroatoms. The van der Waals surface area contributed by atoms with Crippen molar-refractivity contribution in [1.82, 2.24) is 10.2 Å². The number of hydrogen-bond donors (Lipinski definition) is 2. The van der Waals surface area contributed by atoms with Crippen LogP contribution in [0.25, 0.3) is 0 Å². The van der Waals surface area contributed by atoms with Crippen LogP contribution in [0.2, 0.25) is 0 Å². The van der Waals surface area contributed by atoms with E-state index in [1.807, 2.05) is 13.8 Å². The lowest BCUT2D eigenvalue weighted by Crippen LogP contribution is -2.53. The van der Waals surface area contributed by atoms with E-state index in [1.165, 1.54) is 12.8 Å². The monoisotopic (exact) mass is 240 g/mol. The van der Waals surface area contributed by atoms with Crippen molar-refractivity contribution in [2.45, 2.75) is 63.6 Å². The molecule has 2 rings (SSSR count). The van der Waals surface area contributed by atoms with Crippen molar-refractivity contribution in [2.75, 3.05) is 13.1 Å². The van der Waals surface area contributed by atoms with E-state index in [0.717, 1.165) is 32.4 Å². The maximum atomic E-state index is 11.5. The second-order valence-corrected chi connectivity index (χ2v) is 5.83. The van der Waals surface area contributed by atoms with Crippen LogP contribution in [0.5, 0.6) is 0 Å². The van der Waals surface area contributed by atoms with Gasteiger partial charge in [-0.1, -0.05) is 0 Å². The van der Waals surface area contributed by atoms with Gasteiger partial charge in [0.25, 0.3) is 0 Å². The van der Waals surface area contributed by atoms with Gasteiger partial charge in [0.05, 0.1) is 0 Å². The third-order valence-electron chi connectivity index (χ3n) is 4.12. The zero-order chi connectivity index (χ0) is 12.5. The number of likely N-dealkylation sites (tertiary alicyclic amines) is 1. The van der Waals surface area contributed by atoms with Gasteiger partial charge in [-0.15, -0.1) is 0 Å². The fraction of sp³-hybridized carbons (Fsp3) is 0.923. The van der Waals surface area contributed by atoms with Crippen molar-refractivity contribution in [1.29, 1.82) is 0 Å². The summed E-state index contributed by atoms with van der Waals surface area (Å²) in [5, 5.41) is 12.8. The lowest BCUT2D eigenvalue weighted by molar-refractivity contribution is -0.145. The third-order valence-corrected chi connectivity index (χ3v) is 4.12. The highest BCUT2D eigenvalue weighted by atomic mass is 16.4. The highest BCUT2D eigenvalue weighted by Crippen LogP contribution is 2.35. The minimum Gasteiger partial charge on any atom is -0.480 e. The van der Waals surface area contributed by atoms with Crippen LogP contribution in [0.1, 0.15) is 46.0 Å². The molecule has 2 unspecified atom stereocenters. The molecule has 1 saturated heterocycles. The molecule has 0 aromatic rings. The molecule has 17 heavy (non-hydrogen) atoms. The molecule has 2 atom stereocenters. The fourth-order valence-corrected chi connectivity index (χ4v) is 3.38. The Morgan fingerprint density at radius 1 is 1.41 bits per heavy atom. The number of nitrogens with zero attached hydrogens (tertiary/aromatic N) is 1. The zero-order valence-corrected chi connectivity index (χ0v) is 10.9. The summed E-state index contributed by atoms with van der Waals surface area (Å²) >= 11 is 0. The number of carboxylic acids is 1. The molecule has 0 bridgehead atoms. The summed E-state index contributed by atoms with van der Waals surface area (Å²) in [5.41, 5.74) is -0.679. The molecule has 1 saturated carbocycles. The van der Waals surface area contributed by atoms with Crippen LogP contribution >= 0.6 is 0 Å². The summed E-state index contributed by atoms with van der Waals surface area (Å²) in [5.74, 6) is -0.673. The van der Waals surface area contributed by atoms with E-state index in [2.05, 4.69) is 10.2 Å². The first-order valence-corrected chi connectivity index (χ1v) is 6.79. The molecule has 2 N–H and O–H groups in total. The van der Waals surface area contributed by atoms with Crippen molar-refractivity contribution in [3.05, 3.63) is 0 Å². The van der Waals surface area contributed by atoms with Gasteiger partial charge in [0.15, 0.2) is 0 Å². The Morgan fingerprint density at radius 3 is 2.59 bits per heavy atom. The molecule has 1 heterocycles. The largest absolute Gasteiger partial charge is 0.480 e. The van der Waals surface area contributed by atoms with E-state index >= 15 is 0 Å². The number of nitrogens with one attached hydrogen (secondary N) is 1. The maximum Gasteiger partial charge on any atom is 0.323 e.